The molecule has 2 heterocycles. The Labute approximate surface area is 104 Å². The first-order valence-electron chi connectivity index (χ1n) is 5.57. The molecule has 0 aliphatic carbocycles. The first kappa shape index (κ1) is 12.6. The van der Waals surface area contributed by atoms with Gasteiger partial charge in [-0.2, -0.15) is 0 Å². The average molecular weight is 253 g/mol. The van der Waals surface area contributed by atoms with E-state index >= 15 is 0 Å². The molecule has 0 aromatic carbocycles. The van der Waals surface area contributed by atoms with Crippen molar-refractivity contribution in [3.63, 3.8) is 0 Å². The molecule has 1 amide bonds. The number of methoxy groups -OCH3 is 1. The van der Waals surface area contributed by atoms with E-state index in [-0.39, 0.29) is 24.2 Å². The summed E-state index contributed by atoms with van der Waals surface area (Å²) in [4.78, 5) is 28.6. The zero-order valence-corrected chi connectivity index (χ0v) is 10.2. The van der Waals surface area contributed by atoms with Gasteiger partial charge in [0.05, 0.1) is 12.4 Å². The molecule has 18 heavy (non-hydrogen) atoms. The highest BCUT2D eigenvalue weighted by Crippen LogP contribution is 2.22. The molecule has 7 heteroatoms. The van der Waals surface area contributed by atoms with Gasteiger partial charge in [-0.1, -0.05) is 0 Å². The van der Waals surface area contributed by atoms with Crippen LogP contribution in [0.25, 0.3) is 0 Å². The van der Waals surface area contributed by atoms with Crippen molar-refractivity contribution < 1.29 is 19.4 Å². The van der Waals surface area contributed by atoms with Gasteiger partial charge in [-0.3, -0.25) is 4.79 Å². The molecule has 2 unspecified atom stereocenters. The van der Waals surface area contributed by atoms with E-state index in [1.54, 1.807) is 17.8 Å². The summed E-state index contributed by atoms with van der Waals surface area (Å²) in [5, 5.41) is 9.12. The molecule has 1 fully saturated rings. The Kier molecular flexibility index (Phi) is 3.33. The number of amides is 1. The fourth-order valence-electron chi connectivity index (χ4n) is 2.10. The summed E-state index contributed by atoms with van der Waals surface area (Å²) in [5.41, 5.74) is 0.250. The van der Waals surface area contributed by atoms with Crippen molar-refractivity contribution in [2.75, 3.05) is 13.7 Å². The van der Waals surface area contributed by atoms with E-state index in [1.165, 1.54) is 18.3 Å². The van der Waals surface area contributed by atoms with Crippen LogP contribution in [0, 0.1) is 0 Å². The largest absolute Gasteiger partial charge is 0.480 e. The van der Waals surface area contributed by atoms with Crippen molar-refractivity contribution in [2.24, 2.45) is 7.05 Å². The third kappa shape index (κ3) is 2.21. The molecule has 1 aromatic rings. The maximum Gasteiger partial charge on any atom is 0.326 e. The summed E-state index contributed by atoms with van der Waals surface area (Å²) in [5.74, 6) is -1.39. The SMILES string of the molecule is COC1CC(C(=O)O)N(C(=O)c2cn(C)cn2)C1. The summed E-state index contributed by atoms with van der Waals surface area (Å²) in [6.45, 7) is 0.281. The Morgan fingerprint density at radius 3 is 2.78 bits per heavy atom. The zero-order chi connectivity index (χ0) is 13.3. The second-order valence-electron chi connectivity index (χ2n) is 4.33. The Bertz CT molecular complexity index is 471. The van der Waals surface area contributed by atoms with E-state index in [2.05, 4.69) is 4.98 Å². The van der Waals surface area contributed by atoms with Crippen molar-refractivity contribution in [1.82, 2.24) is 14.5 Å². The van der Waals surface area contributed by atoms with Crippen LogP contribution in [0.5, 0.6) is 0 Å². The number of carboxylic acid groups (broad SMARTS) is 1. The molecule has 2 rings (SSSR count). The number of aliphatic carboxylic acids is 1. The first-order valence-corrected chi connectivity index (χ1v) is 5.57. The predicted molar refractivity (Wildman–Crippen MR) is 61.1 cm³/mol. The molecule has 1 aliphatic rings. The van der Waals surface area contributed by atoms with Crippen molar-refractivity contribution in [3.05, 3.63) is 18.2 Å². The normalized spacial score (nSPS) is 23.3. The topological polar surface area (TPSA) is 84.7 Å². The smallest absolute Gasteiger partial charge is 0.326 e. The summed E-state index contributed by atoms with van der Waals surface area (Å²) in [6.07, 6.45) is 3.15. The molecule has 1 aromatic heterocycles. The highest BCUT2D eigenvalue weighted by molar-refractivity contribution is 5.95. The van der Waals surface area contributed by atoms with Gasteiger partial charge in [0.2, 0.25) is 0 Å². The third-order valence-electron chi connectivity index (χ3n) is 3.07. The van der Waals surface area contributed by atoms with Crippen LogP contribution in [0.1, 0.15) is 16.9 Å². The molecule has 0 radical (unpaired) electrons. The van der Waals surface area contributed by atoms with Gasteiger partial charge in [-0.15, -0.1) is 0 Å². The van der Waals surface area contributed by atoms with Crippen molar-refractivity contribution in [3.8, 4) is 0 Å². The number of hydrogen-bond acceptors (Lipinski definition) is 4. The maximum atomic E-state index is 12.2. The molecule has 7 nitrogen and oxygen atoms in total. The van der Waals surface area contributed by atoms with Crippen LogP contribution in [0.4, 0.5) is 0 Å². The van der Waals surface area contributed by atoms with Crippen LogP contribution in [-0.4, -0.2) is 57.2 Å². The second kappa shape index (κ2) is 4.77. The van der Waals surface area contributed by atoms with Crippen LogP contribution in [0.15, 0.2) is 12.5 Å². The summed E-state index contributed by atoms with van der Waals surface area (Å²) >= 11 is 0. The quantitative estimate of drug-likeness (QED) is 0.801. The van der Waals surface area contributed by atoms with E-state index in [9.17, 15) is 9.59 Å². The zero-order valence-electron chi connectivity index (χ0n) is 10.2. The Morgan fingerprint density at radius 2 is 2.28 bits per heavy atom. The molecule has 2 atom stereocenters. The lowest BCUT2D eigenvalue weighted by Crippen LogP contribution is -2.40. The van der Waals surface area contributed by atoms with Gasteiger partial charge in [0.25, 0.3) is 5.91 Å². The predicted octanol–water partition coefficient (Wildman–Crippen LogP) is -0.266. The molecule has 98 valence electrons. The van der Waals surface area contributed by atoms with E-state index < -0.39 is 12.0 Å². The molecule has 0 saturated carbocycles. The van der Waals surface area contributed by atoms with E-state index in [4.69, 9.17) is 9.84 Å². The number of ether oxygens (including phenoxy) is 1. The Balaban J connectivity index is 2.20. The minimum absolute atomic E-state index is 0.237. The molecule has 1 N–H and O–H groups in total. The number of aromatic nitrogens is 2. The van der Waals surface area contributed by atoms with Gasteiger partial charge in [-0.25, -0.2) is 9.78 Å². The van der Waals surface area contributed by atoms with Crippen molar-refractivity contribution in [2.45, 2.75) is 18.6 Å². The fourth-order valence-corrected chi connectivity index (χ4v) is 2.10. The van der Waals surface area contributed by atoms with Gasteiger partial charge in [0, 0.05) is 33.3 Å². The Morgan fingerprint density at radius 1 is 1.56 bits per heavy atom. The second-order valence-corrected chi connectivity index (χ2v) is 4.33. The number of carbonyl (C=O) groups excluding carboxylic acids is 1. The number of imidazole rings is 1. The highest BCUT2D eigenvalue weighted by atomic mass is 16.5. The monoisotopic (exact) mass is 253 g/mol. The average Bonchev–Trinajstić information content (AvgIpc) is 2.93. The number of carbonyl (C=O) groups is 2. The number of rotatable bonds is 3. The Hall–Kier alpha value is -1.89. The van der Waals surface area contributed by atoms with E-state index in [0.717, 1.165) is 0 Å². The van der Waals surface area contributed by atoms with Crippen LogP contribution in [0.3, 0.4) is 0 Å². The van der Waals surface area contributed by atoms with Gasteiger partial charge in [0.1, 0.15) is 11.7 Å². The number of aryl methyl sites for hydroxylation is 1. The van der Waals surface area contributed by atoms with Crippen LogP contribution >= 0.6 is 0 Å². The first-order chi connectivity index (χ1) is 8.52. The van der Waals surface area contributed by atoms with Gasteiger partial charge >= 0.3 is 5.97 Å². The fraction of sp³-hybridized carbons (Fsp3) is 0.545. The standard InChI is InChI=1S/C11H15N3O4/c1-13-5-8(12-6-13)10(15)14-4-7(18-2)3-9(14)11(16)17/h5-7,9H,3-4H2,1-2H3,(H,16,17). The minimum atomic E-state index is -1.01. The number of likely N-dealkylation sites (tertiary alicyclic amines) is 1. The minimum Gasteiger partial charge on any atom is -0.480 e. The van der Waals surface area contributed by atoms with E-state index in [1.807, 2.05) is 0 Å². The molecule has 0 spiro atoms. The lowest BCUT2D eigenvalue weighted by atomic mass is 10.2. The van der Waals surface area contributed by atoms with Gasteiger partial charge in [0.15, 0.2) is 0 Å². The van der Waals surface area contributed by atoms with Gasteiger partial charge < -0.3 is 19.3 Å². The summed E-state index contributed by atoms with van der Waals surface area (Å²) in [7, 11) is 3.26. The lowest BCUT2D eigenvalue weighted by molar-refractivity contribution is -0.141. The molecule has 1 saturated heterocycles. The third-order valence-corrected chi connectivity index (χ3v) is 3.07. The van der Waals surface area contributed by atoms with Crippen molar-refractivity contribution >= 4 is 11.9 Å². The maximum absolute atomic E-state index is 12.2. The number of hydrogen-bond donors (Lipinski definition) is 1. The van der Waals surface area contributed by atoms with Crippen LogP contribution in [0.2, 0.25) is 0 Å². The molecule has 1 aliphatic heterocycles. The van der Waals surface area contributed by atoms with Gasteiger partial charge in [-0.05, 0) is 0 Å². The van der Waals surface area contributed by atoms with Crippen molar-refractivity contribution in [1.29, 1.82) is 0 Å². The van der Waals surface area contributed by atoms with Crippen LogP contribution < -0.4 is 0 Å². The summed E-state index contributed by atoms with van der Waals surface area (Å²) in [6, 6.07) is -0.843. The lowest BCUT2D eigenvalue weighted by Gasteiger charge is -2.19. The van der Waals surface area contributed by atoms with E-state index in [0.29, 0.717) is 6.42 Å². The molecule has 0 bridgehead atoms. The van der Waals surface area contributed by atoms with Crippen LogP contribution in [-0.2, 0) is 16.6 Å². The number of carboxylic acids is 1. The highest BCUT2D eigenvalue weighted by Gasteiger charge is 2.40. The molecular weight excluding hydrogens is 238 g/mol. The molecular formula is C11H15N3O4. The number of nitrogens with zero attached hydrogens (tertiary/aromatic N) is 3. The summed E-state index contributed by atoms with van der Waals surface area (Å²) < 4.78 is 6.78.